The van der Waals surface area contributed by atoms with Gasteiger partial charge in [0, 0.05) is 34.1 Å². The lowest BCUT2D eigenvalue weighted by atomic mass is 9.78. The average molecular weight is 594 g/mol. The fourth-order valence-corrected chi connectivity index (χ4v) is 5.38. The largest absolute Gasteiger partial charge is 0.478 e. The summed E-state index contributed by atoms with van der Waals surface area (Å²) in [5, 5.41) is 20.0. The van der Waals surface area contributed by atoms with Crippen LogP contribution in [0.1, 0.15) is 62.1 Å². The Morgan fingerprint density at radius 3 is 1.61 bits per heavy atom. The minimum absolute atomic E-state index is 0.0168. The molecule has 3 aromatic carbocycles. The highest BCUT2D eigenvalue weighted by molar-refractivity contribution is 6.39. The van der Waals surface area contributed by atoms with Crippen molar-refractivity contribution in [3.63, 3.8) is 0 Å². The van der Waals surface area contributed by atoms with Gasteiger partial charge in [-0.1, -0.05) is 97.6 Å². The zero-order valence-corrected chi connectivity index (χ0v) is 24.9. The van der Waals surface area contributed by atoms with Crippen LogP contribution in [0.2, 0.25) is 0 Å². The number of amides is 2. The molecular formula is C36H35NO7. The second kappa shape index (κ2) is 13.0. The van der Waals surface area contributed by atoms with Gasteiger partial charge in [-0.3, -0.25) is 4.79 Å². The molecule has 2 N–H and O–H groups in total. The molecule has 0 fully saturated rings. The maximum absolute atomic E-state index is 14.3. The number of para-hydroxylation sites is 1. The number of aliphatic carboxylic acids is 2. The molecule has 2 unspecified atom stereocenters. The Bertz CT molecular complexity index is 1570. The van der Waals surface area contributed by atoms with Crippen molar-refractivity contribution in [1.82, 2.24) is 0 Å². The van der Waals surface area contributed by atoms with Gasteiger partial charge in [-0.25, -0.2) is 19.3 Å². The van der Waals surface area contributed by atoms with Gasteiger partial charge in [0.25, 0.3) is 5.91 Å². The van der Waals surface area contributed by atoms with Crippen molar-refractivity contribution in [3.8, 4) is 0 Å². The first-order chi connectivity index (χ1) is 20.8. The Balaban J connectivity index is 1.97. The number of imide groups is 1. The molecule has 8 heteroatoms. The fourth-order valence-electron chi connectivity index (χ4n) is 5.38. The Kier molecular flexibility index (Phi) is 9.33. The summed E-state index contributed by atoms with van der Waals surface area (Å²) in [5.41, 5.74) is 1.68. The molecule has 0 radical (unpaired) electrons. The number of carboxylic acid groups (broad SMARTS) is 2. The van der Waals surface area contributed by atoms with Crippen LogP contribution in [-0.2, 0) is 19.1 Å². The highest BCUT2D eigenvalue weighted by atomic mass is 16.6. The standard InChI is InChI=1S/C36H35NO7/c1-22(33(39)40)28(24-14-8-6-9-15-24)20-26(21-29(23(2)34(41)42)25-16-10-7-11-17-25)31-27-18-12-13-19-30(27)37(32(31)38)35(43)44-36(3,4)5/h6-19,28-29H,1-2,20-21H2,3-5H3,(H,39,40)(H,41,42). The van der Waals surface area contributed by atoms with E-state index in [0.717, 1.165) is 4.90 Å². The van der Waals surface area contributed by atoms with E-state index in [2.05, 4.69) is 13.2 Å². The van der Waals surface area contributed by atoms with Gasteiger partial charge in [0.1, 0.15) is 5.60 Å². The highest BCUT2D eigenvalue weighted by Crippen LogP contribution is 2.45. The van der Waals surface area contributed by atoms with Crippen molar-refractivity contribution < 1.29 is 34.1 Å². The van der Waals surface area contributed by atoms with Crippen LogP contribution < -0.4 is 4.90 Å². The molecule has 0 saturated heterocycles. The van der Waals surface area contributed by atoms with Gasteiger partial charge >= 0.3 is 18.0 Å². The molecule has 226 valence electrons. The van der Waals surface area contributed by atoms with E-state index in [1.165, 1.54) is 0 Å². The normalized spacial score (nSPS) is 13.9. The minimum atomic E-state index is -1.20. The molecule has 1 aliphatic heterocycles. The van der Waals surface area contributed by atoms with E-state index in [1.54, 1.807) is 106 Å². The van der Waals surface area contributed by atoms with E-state index in [1.807, 2.05) is 0 Å². The van der Waals surface area contributed by atoms with E-state index in [9.17, 15) is 29.4 Å². The van der Waals surface area contributed by atoms with Gasteiger partial charge in [0.05, 0.1) is 5.69 Å². The predicted octanol–water partition coefficient (Wildman–Crippen LogP) is 7.35. The van der Waals surface area contributed by atoms with Crippen molar-refractivity contribution in [2.75, 3.05) is 4.90 Å². The number of benzene rings is 3. The Morgan fingerprint density at radius 2 is 1.18 bits per heavy atom. The Labute approximate surface area is 256 Å². The van der Waals surface area contributed by atoms with Crippen molar-refractivity contribution >= 4 is 35.2 Å². The third kappa shape index (κ3) is 6.86. The van der Waals surface area contributed by atoms with Crippen LogP contribution in [0.4, 0.5) is 10.5 Å². The number of ether oxygens (including phenoxy) is 1. The first kappa shape index (κ1) is 31.7. The fraction of sp³-hybridized carbons (Fsp3) is 0.222. The van der Waals surface area contributed by atoms with Crippen LogP contribution in [0.25, 0.3) is 5.57 Å². The second-order valence-electron chi connectivity index (χ2n) is 11.6. The van der Waals surface area contributed by atoms with Crippen LogP contribution in [0, 0.1) is 0 Å². The van der Waals surface area contributed by atoms with Gasteiger partial charge in [-0.15, -0.1) is 0 Å². The highest BCUT2D eigenvalue weighted by Gasteiger charge is 2.41. The summed E-state index contributed by atoms with van der Waals surface area (Å²) < 4.78 is 5.58. The van der Waals surface area contributed by atoms with Crippen molar-refractivity contribution in [2.24, 2.45) is 0 Å². The van der Waals surface area contributed by atoms with E-state index >= 15 is 0 Å². The molecule has 0 spiro atoms. The summed E-state index contributed by atoms with van der Waals surface area (Å²) in [5.74, 6) is -4.57. The van der Waals surface area contributed by atoms with Gasteiger partial charge in [-0.05, 0) is 50.8 Å². The summed E-state index contributed by atoms with van der Waals surface area (Å²) >= 11 is 0. The van der Waals surface area contributed by atoms with Crippen molar-refractivity contribution in [1.29, 1.82) is 0 Å². The molecular weight excluding hydrogens is 558 g/mol. The number of carboxylic acids is 2. The summed E-state index contributed by atoms with van der Waals surface area (Å²) in [6, 6.07) is 24.6. The van der Waals surface area contributed by atoms with E-state index < -0.39 is 41.4 Å². The number of carbonyl (C=O) groups is 4. The lowest BCUT2D eigenvalue weighted by Crippen LogP contribution is -2.38. The number of anilines is 1. The number of fused-ring (bicyclic) bond motifs is 1. The number of hydrogen-bond acceptors (Lipinski definition) is 5. The SMILES string of the molecule is C=C(C(=O)O)C(CC(CC(C(=C)C(=O)O)c1ccccc1)=C1C(=O)N(C(=O)OC(C)(C)C)c2ccccc21)c1ccccc1. The number of nitrogens with zero attached hydrogens (tertiary/aromatic N) is 1. The third-order valence-electron chi connectivity index (χ3n) is 7.46. The van der Waals surface area contributed by atoms with Gasteiger partial charge in [-0.2, -0.15) is 0 Å². The summed E-state index contributed by atoms with van der Waals surface area (Å²) in [7, 11) is 0. The molecule has 0 aromatic heterocycles. The quantitative estimate of drug-likeness (QED) is 0.236. The molecule has 1 aliphatic rings. The van der Waals surface area contributed by atoms with Crippen LogP contribution in [0.3, 0.4) is 0 Å². The number of allylic oxidation sites excluding steroid dienone is 1. The zero-order valence-electron chi connectivity index (χ0n) is 24.9. The third-order valence-corrected chi connectivity index (χ3v) is 7.46. The Morgan fingerprint density at radius 1 is 0.750 bits per heavy atom. The first-order valence-corrected chi connectivity index (χ1v) is 14.1. The average Bonchev–Trinajstić information content (AvgIpc) is 3.28. The first-order valence-electron chi connectivity index (χ1n) is 14.1. The van der Waals surface area contributed by atoms with Crippen molar-refractivity contribution in [2.45, 2.75) is 51.0 Å². The minimum Gasteiger partial charge on any atom is -0.478 e. The van der Waals surface area contributed by atoms with Gasteiger partial charge < -0.3 is 14.9 Å². The summed E-state index contributed by atoms with van der Waals surface area (Å²) in [6.45, 7) is 12.8. The topological polar surface area (TPSA) is 121 Å². The molecule has 1 heterocycles. The summed E-state index contributed by atoms with van der Waals surface area (Å²) in [6.07, 6.45) is -0.820. The van der Waals surface area contributed by atoms with Crippen LogP contribution >= 0.6 is 0 Å². The monoisotopic (exact) mass is 593 g/mol. The van der Waals surface area contributed by atoms with Gasteiger partial charge in [0.15, 0.2) is 0 Å². The van der Waals surface area contributed by atoms with Gasteiger partial charge in [0.2, 0.25) is 0 Å². The molecule has 2 atom stereocenters. The predicted molar refractivity (Wildman–Crippen MR) is 168 cm³/mol. The molecule has 0 bridgehead atoms. The number of carbonyl (C=O) groups excluding carboxylic acids is 2. The van der Waals surface area contributed by atoms with E-state index in [4.69, 9.17) is 4.74 Å². The lowest BCUT2D eigenvalue weighted by Gasteiger charge is -2.25. The van der Waals surface area contributed by atoms with Crippen LogP contribution in [0.15, 0.2) is 115 Å². The lowest BCUT2D eigenvalue weighted by molar-refractivity contribution is -0.133. The number of hydrogen-bond donors (Lipinski definition) is 2. The maximum Gasteiger partial charge on any atom is 0.422 e. The molecule has 3 aromatic rings. The molecule has 0 saturated carbocycles. The molecule has 4 rings (SSSR count). The Hall–Kier alpha value is -5.24. The van der Waals surface area contributed by atoms with Crippen LogP contribution in [-0.4, -0.2) is 39.8 Å². The second-order valence-corrected chi connectivity index (χ2v) is 11.6. The summed E-state index contributed by atoms with van der Waals surface area (Å²) in [4.78, 5) is 53.1. The molecule has 2 amide bonds. The van der Waals surface area contributed by atoms with Crippen molar-refractivity contribution in [3.05, 3.63) is 131 Å². The zero-order chi connectivity index (χ0) is 32.2. The maximum atomic E-state index is 14.3. The molecule has 8 nitrogen and oxygen atoms in total. The number of rotatable bonds is 10. The van der Waals surface area contributed by atoms with Crippen LogP contribution in [0.5, 0.6) is 0 Å². The molecule has 44 heavy (non-hydrogen) atoms. The van der Waals surface area contributed by atoms with E-state index in [0.29, 0.717) is 28.0 Å². The van der Waals surface area contributed by atoms with E-state index in [-0.39, 0.29) is 29.6 Å². The smallest absolute Gasteiger partial charge is 0.422 e. The molecule has 0 aliphatic carbocycles.